The van der Waals surface area contributed by atoms with Crippen LogP contribution in [0, 0.1) is 5.82 Å². The number of pyridine rings is 1. The lowest BCUT2D eigenvalue weighted by Crippen LogP contribution is -2.52. The minimum atomic E-state index is -0.736. The van der Waals surface area contributed by atoms with E-state index in [2.05, 4.69) is 20.9 Å². The maximum Gasteiger partial charge on any atom is 0.412 e. The molecule has 0 radical (unpaired) electrons. The van der Waals surface area contributed by atoms with Gasteiger partial charge in [-0.2, -0.15) is 0 Å². The van der Waals surface area contributed by atoms with Gasteiger partial charge in [0.1, 0.15) is 18.2 Å². The Morgan fingerprint density at radius 2 is 2.00 bits per heavy atom. The summed E-state index contributed by atoms with van der Waals surface area (Å²) in [6.07, 6.45) is 1.35. The number of carbonyl (C=O) groups is 3. The molecule has 218 valence electrons. The Hall–Kier alpha value is -3.96. The number of halogens is 2. The second kappa shape index (κ2) is 14.1. The molecule has 1 aliphatic heterocycles. The smallest absolute Gasteiger partial charge is 0.412 e. The summed E-state index contributed by atoms with van der Waals surface area (Å²) in [5, 5.41) is 10.4. The van der Waals surface area contributed by atoms with Crippen molar-refractivity contribution in [1.29, 1.82) is 0 Å². The van der Waals surface area contributed by atoms with E-state index >= 15 is 0 Å². The van der Waals surface area contributed by atoms with E-state index in [1.54, 1.807) is 25.4 Å². The Morgan fingerprint density at radius 1 is 1.22 bits per heavy atom. The molecule has 10 nitrogen and oxygen atoms in total. The lowest BCUT2D eigenvalue weighted by Gasteiger charge is -2.35. The molecule has 1 saturated heterocycles. The summed E-state index contributed by atoms with van der Waals surface area (Å²) in [4.78, 5) is 46.1. The van der Waals surface area contributed by atoms with Gasteiger partial charge >= 0.3 is 12.1 Å². The minimum absolute atomic E-state index is 0.00130. The maximum atomic E-state index is 13.8. The van der Waals surface area contributed by atoms with E-state index in [9.17, 15) is 18.8 Å². The number of hydrogen-bond acceptors (Lipinski definition) is 6. The van der Waals surface area contributed by atoms with Crippen molar-refractivity contribution in [2.75, 3.05) is 38.6 Å². The highest BCUT2D eigenvalue weighted by atomic mass is 35.5. The van der Waals surface area contributed by atoms with Gasteiger partial charge in [0.15, 0.2) is 0 Å². The number of likely N-dealkylation sites (N-methyl/N-ethyl adjacent to an activating group) is 1. The first-order chi connectivity index (χ1) is 19.7. The van der Waals surface area contributed by atoms with Crippen LogP contribution in [0.2, 0.25) is 5.02 Å². The molecule has 2 aromatic carbocycles. The predicted molar refractivity (Wildman–Crippen MR) is 155 cm³/mol. The fourth-order valence-corrected chi connectivity index (χ4v) is 4.84. The second-order valence-electron chi connectivity index (χ2n) is 9.96. The molecule has 0 unspecified atom stereocenters. The molecule has 0 bridgehead atoms. The summed E-state index contributed by atoms with van der Waals surface area (Å²) >= 11 is 6.02. The molecule has 0 spiro atoms. The van der Waals surface area contributed by atoms with Crippen LogP contribution in [0.1, 0.15) is 25.3 Å². The van der Waals surface area contributed by atoms with Crippen molar-refractivity contribution >= 4 is 46.2 Å². The van der Waals surface area contributed by atoms with E-state index in [-0.39, 0.29) is 43.0 Å². The topological polar surface area (TPSA) is 116 Å². The van der Waals surface area contributed by atoms with E-state index in [1.165, 1.54) is 17.0 Å². The number of rotatable bonds is 9. The van der Waals surface area contributed by atoms with E-state index in [1.807, 2.05) is 36.1 Å². The molecular formula is C29H34ClFN6O4. The van der Waals surface area contributed by atoms with Crippen LogP contribution in [0.25, 0.3) is 10.8 Å². The van der Waals surface area contributed by atoms with Crippen LogP contribution in [0.15, 0.2) is 54.7 Å². The molecule has 12 heteroatoms. The van der Waals surface area contributed by atoms with Gasteiger partial charge in [-0.05, 0) is 36.4 Å². The van der Waals surface area contributed by atoms with Crippen molar-refractivity contribution in [3.05, 3.63) is 71.1 Å². The number of aromatic nitrogens is 1. The molecule has 3 N–H and O–H groups in total. The zero-order valence-corrected chi connectivity index (χ0v) is 23.8. The molecule has 1 aromatic heterocycles. The van der Waals surface area contributed by atoms with Crippen LogP contribution >= 0.6 is 11.6 Å². The first-order valence-corrected chi connectivity index (χ1v) is 13.8. The summed E-state index contributed by atoms with van der Waals surface area (Å²) < 4.78 is 19.3. The van der Waals surface area contributed by atoms with Crippen LogP contribution in [-0.4, -0.2) is 78.2 Å². The fraction of sp³-hybridized carbons (Fsp3) is 0.379. The highest BCUT2D eigenvalue weighted by molar-refractivity contribution is 6.31. The monoisotopic (exact) mass is 584 g/mol. The maximum absolute atomic E-state index is 13.8. The van der Waals surface area contributed by atoms with Crippen LogP contribution in [0.3, 0.4) is 0 Å². The molecule has 2 heterocycles. The number of carbonyl (C=O) groups excluding carboxylic acids is 3. The SMILES string of the molecule is C[C@@H]1CNCCN1C(=O)CC[C@@H](COC(=O)Nc1cc2ccccc2cn1)N(C)C(=O)NCc1cccc(F)c1Cl. The Kier molecular flexibility index (Phi) is 10.3. The number of amides is 4. The largest absolute Gasteiger partial charge is 0.447 e. The van der Waals surface area contributed by atoms with Gasteiger partial charge in [0.2, 0.25) is 5.91 Å². The lowest BCUT2D eigenvalue weighted by atomic mass is 10.1. The average molecular weight is 585 g/mol. The average Bonchev–Trinajstić information content (AvgIpc) is 2.97. The number of hydrogen-bond donors (Lipinski definition) is 3. The zero-order valence-electron chi connectivity index (χ0n) is 23.0. The minimum Gasteiger partial charge on any atom is -0.447 e. The highest BCUT2D eigenvalue weighted by Crippen LogP contribution is 2.20. The third-order valence-electron chi connectivity index (χ3n) is 7.11. The van der Waals surface area contributed by atoms with Gasteiger partial charge in [0.05, 0.1) is 11.1 Å². The first kappa shape index (κ1) is 30.0. The third-order valence-corrected chi connectivity index (χ3v) is 7.53. The van der Waals surface area contributed by atoms with Crippen LogP contribution < -0.4 is 16.0 Å². The van der Waals surface area contributed by atoms with E-state index < -0.39 is 24.0 Å². The first-order valence-electron chi connectivity index (χ1n) is 13.4. The number of ether oxygens (including phenoxy) is 1. The summed E-state index contributed by atoms with van der Waals surface area (Å²) in [6, 6.07) is 12.7. The van der Waals surface area contributed by atoms with Crippen molar-refractivity contribution in [2.45, 2.75) is 38.4 Å². The normalized spacial score (nSPS) is 15.7. The summed E-state index contributed by atoms with van der Waals surface area (Å²) in [6.45, 7) is 3.86. The van der Waals surface area contributed by atoms with Gasteiger partial charge in [0.25, 0.3) is 0 Å². The highest BCUT2D eigenvalue weighted by Gasteiger charge is 2.27. The van der Waals surface area contributed by atoms with Crippen LogP contribution in [0.4, 0.5) is 19.8 Å². The molecule has 4 rings (SSSR count). The summed E-state index contributed by atoms with van der Waals surface area (Å²) in [5.74, 6) is -0.286. The number of fused-ring (bicyclic) bond motifs is 1. The Morgan fingerprint density at radius 3 is 2.78 bits per heavy atom. The van der Waals surface area contributed by atoms with Gasteiger partial charge in [-0.3, -0.25) is 10.1 Å². The van der Waals surface area contributed by atoms with Crippen molar-refractivity contribution in [3.63, 3.8) is 0 Å². The third kappa shape index (κ3) is 8.05. The number of nitrogens with zero attached hydrogens (tertiary/aromatic N) is 3. The fourth-order valence-electron chi connectivity index (χ4n) is 4.64. The number of urea groups is 1. The Bertz CT molecular complexity index is 1390. The Labute approximate surface area is 243 Å². The van der Waals surface area contributed by atoms with Crippen LogP contribution in [-0.2, 0) is 16.1 Å². The number of piperazine rings is 1. The van der Waals surface area contributed by atoms with E-state index in [0.717, 1.165) is 17.3 Å². The van der Waals surface area contributed by atoms with Gasteiger partial charge in [0, 0.05) is 57.3 Å². The molecule has 3 aromatic rings. The van der Waals surface area contributed by atoms with Crippen molar-refractivity contribution < 1.29 is 23.5 Å². The number of benzene rings is 2. The van der Waals surface area contributed by atoms with E-state index in [4.69, 9.17) is 16.3 Å². The number of anilines is 1. The second-order valence-corrected chi connectivity index (χ2v) is 10.3. The van der Waals surface area contributed by atoms with Crippen molar-refractivity contribution in [1.82, 2.24) is 25.4 Å². The Balaban J connectivity index is 1.39. The van der Waals surface area contributed by atoms with Gasteiger partial charge in [-0.25, -0.2) is 19.0 Å². The molecule has 0 saturated carbocycles. The van der Waals surface area contributed by atoms with Gasteiger partial charge in [-0.1, -0.05) is 48.0 Å². The molecule has 1 aliphatic rings. The summed E-state index contributed by atoms with van der Waals surface area (Å²) in [7, 11) is 1.55. The van der Waals surface area contributed by atoms with Crippen molar-refractivity contribution in [2.24, 2.45) is 0 Å². The molecule has 1 fully saturated rings. The van der Waals surface area contributed by atoms with Crippen LogP contribution in [0.5, 0.6) is 0 Å². The molecule has 2 atom stereocenters. The number of nitrogens with one attached hydrogen (secondary N) is 3. The quantitative estimate of drug-likeness (QED) is 0.344. The van der Waals surface area contributed by atoms with Gasteiger partial charge < -0.3 is 25.2 Å². The molecule has 4 amide bonds. The zero-order chi connectivity index (χ0) is 29.4. The molecule has 41 heavy (non-hydrogen) atoms. The van der Waals surface area contributed by atoms with Crippen molar-refractivity contribution in [3.8, 4) is 0 Å². The predicted octanol–water partition coefficient (Wildman–Crippen LogP) is 4.39. The standard InChI is InChI=1S/C29H34ClFN6O4/c1-19-15-32-12-13-37(19)26(38)11-10-23(36(2)28(39)34-17-22-8-5-9-24(31)27(22)30)18-41-29(40)35-25-14-20-6-3-4-7-21(20)16-33-25/h3-9,14,16,19,23,32H,10-13,15,17-18H2,1-2H3,(H,34,39)(H,33,35,40)/t19-,23+/m1/s1. The van der Waals surface area contributed by atoms with Gasteiger partial charge in [-0.15, -0.1) is 0 Å². The van der Waals surface area contributed by atoms with E-state index in [0.29, 0.717) is 24.5 Å². The summed E-state index contributed by atoms with van der Waals surface area (Å²) in [5.41, 5.74) is 0.423. The molecule has 0 aliphatic carbocycles. The molecular weight excluding hydrogens is 551 g/mol. The lowest BCUT2D eigenvalue weighted by molar-refractivity contribution is -0.134.